The summed E-state index contributed by atoms with van der Waals surface area (Å²) in [5.41, 5.74) is 5.41. The molecule has 0 unspecified atom stereocenters. The minimum atomic E-state index is 0.559. The summed E-state index contributed by atoms with van der Waals surface area (Å²) < 4.78 is 0. The van der Waals surface area contributed by atoms with Crippen LogP contribution in [0, 0.1) is 5.92 Å². The molecule has 1 N–H and O–H groups in total. The van der Waals surface area contributed by atoms with E-state index < -0.39 is 0 Å². The third-order valence-electron chi connectivity index (χ3n) is 2.25. The van der Waals surface area contributed by atoms with Crippen molar-refractivity contribution in [1.29, 1.82) is 0 Å². The van der Waals surface area contributed by atoms with Gasteiger partial charge < -0.3 is 9.74 Å². The Morgan fingerprint density at radius 2 is 1.81 bits per heavy atom. The summed E-state index contributed by atoms with van der Waals surface area (Å²) in [6, 6.07) is 8.45. The van der Waals surface area contributed by atoms with Crippen molar-refractivity contribution in [2.45, 2.75) is 20.4 Å². The van der Waals surface area contributed by atoms with Crippen LogP contribution in [-0.2, 0) is 11.4 Å². The lowest BCUT2D eigenvalue weighted by Crippen LogP contribution is -2.17. The normalized spacial score (nSPS) is 10.8. The molecule has 0 aliphatic carbocycles. The van der Waals surface area contributed by atoms with Crippen molar-refractivity contribution in [2.24, 2.45) is 5.92 Å². The molecule has 0 amide bonds. The molecule has 0 saturated heterocycles. The molecule has 0 bridgehead atoms. The Labute approximate surface area is 98.4 Å². The van der Waals surface area contributed by atoms with Gasteiger partial charge in [-0.1, -0.05) is 26.0 Å². The van der Waals surface area contributed by atoms with Crippen LogP contribution in [0.1, 0.15) is 19.4 Å². The van der Waals surface area contributed by atoms with E-state index in [4.69, 9.17) is 4.84 Å². The first-order valence-electron chi connectivity index (χ1n) is 5.70. The van der Waals surface area contributed by atoms with Gasteiger partial charge in [-0.2, -0.15) is 5.48 Å². The third kappa shape index (κ3) is 4.64. The van der Waals surface area contributed by atoms with Crippen LogP contribution in [0.2, 0.25) is 0 Å². The van der Waals surface area contributed by atoms with Gasteiger partial charge in [0.1, 0.15) is 0 Å². The zero-order chi connectivity index (χ0) is 12.0. The molecule has 1 rings (SSSR count). The Hall–Kier alpha value is -1.06. The van der Waals surface area contributed by atoms with Crippen molar-refractivity contribution in [3.05, 3.63) is 29.8 Å². The van der Waals surface area contributed by atoms with Gasteiger partial charge in [-0.15, -0.1) is 0 Å². The van der Waals surface area contributed by atoms with Gasteiger partial charge >= 0.3 is 0 Å². The van der Waals surface area contributed by atoms with E-state index in [0.717, 1.165) is 13.2 Å². The SMILES string of the molecule is CC(C)CONCc1ccc(N(C)C)cc1. The van der Waals surface area contributed by atoms with Gasteiger partial charge in [0.05, 0.1) is 6.61 Å². The number of hydrogen-bond donors (Lipinski definition) is 1. The van der Waals surface area contributed by atoms with E-state index in [2.05, 4.69) is 48.5 Å². The molecule has 0 fully saturated rings. The molecule has 3 heteroatoms. The molecule has 3 nitrogen and oxygen atoms in total. The quantitative estimate of drug-likeness (QED) is 0.591. The lowest BCUT2D eigenvalue weighted by Gasteiger charge is -2.13. The van der Waals surface area contributed by atoms with Gasteiger partial charge in [0.2, 0.25) is 0 Å². The van der Waals surface area contributed by atoms with Crippen LogP contribution in [0.5, 0.6) is 0 Å². The third-order valence-corrected chi connectivity index (χ3v) is 2.25. The summed E-state index contributed by atoms with van der Waals surface area (Å²) >= 11 is 0. The van der Waals surface area contributed by atoms with Crippen LogP contribution < -0.4 is 10.4 Å². The average Bonchev–Trinajstić information content (AvgIpc) is 2.25. The number of benzene rings is 1. The van der Waals surface area contributed by atoms with Crippen molar-refractivity contribution >= 4 is 5.69 Å². The minimum Gasteiger partial charge on any atom is -0.378 e. The summed E-state index contributed by atoms with van der Waals surface area (Å²) in [4.78, 5) is 7.41. The standard InChI is InChI=1S/C13H22N2O/c1-11(2)10-16-14-9-12-5-7-13(8-6-12)15(3)4/h5-8,11,14H,9-10H2,1-4H3. The van der Waals surface area contributed by atoms with Crippen LogP contribution >= 0.6 is 0 Å². The smallest absolute Gasteiger partial charge is 0.0705 e. The summed E-state index contributed by atoms with van der Waals surface area (Å²) in [6.45, 7) is 5.76. The van der Waals surface area contributed by atoms with Crippen molar-refractivity contribution in [1.82, 2.24) is 5.48 Å². The molecule has 16 heavy (non-hydrogen) atoms. The summed E-state index contributed by atoms with van der Waals surface area (Å²) in [5, 5.41) is 0. The molecule has 0 heterocycles. The first-order valence-corrected chi connectivity index (χ1v) is 5.70. The second-order valence-corrected chi connectivity index (χ2v) is 4.59. The highest BCUT2D eigenvalue weighted by molar-refractivity contribution is 5.45. The zero-order valence-corrected chi connectivity index (χ0v) is 10.7. The van der Waals surface area contributed by atoms with E-state index in [9.17, 15) is 0 Å². The lowest BCUT2D eigenvalue weighted by atomic mass is 10.2. The molecular formula is C13H22N2O. The molecular weight excluding hydrogens is 200 g/mol. The van der Waals surface area contributed by atoms with Gasteiger partial charge in [-0.3, -0.25) is 0 Å². The minimum absolute atomic E-state index is 0.559. The van der Waals surface area contributed by atoms with Crippen LogP contribution in [0.25, 0.3) is 0 Å². The van der Waals surface area contributed by atoms with Gasteiger partial charge in [0.25, 0.3) is 0 Å². The lowest BCUT2D eigenvalue weighted by molar-refractivity contribution is 0.0196. The van der Waals surface area contributed by atoms with Gasteiger partial charge in [0, 0.05) is 26.3 Å². The van der Waals surface area contributed by atoms with Crippen molar-refractivity contribution in [3.8, 4) is 0 Å². The van der Waals surface area contributed by atoms with E-state index >= 15 is 0 Å². The molecule has 0 aromatic heterocycles. The highest BCUT2D eigenvalue weighted by Crippen LogP contribution is 2.11. The van der Waals surface area contributed by atoms with Crippen molar-refractivity contribution in [2.75, 3.05) is 25.6 Å². The molecule has 0 saturated carbocycles. The van der Waals surface area contributed by atoms with Gasteiger partial charge in [-0.25, -0.2) is 0 Å². The maximum absolute atomic E-state index is 5.32. The molecule has 1 aromatic carbocycles. The number of nitrogens with zero attached hydrogens (tertiary/aromatic N) is 1. The first kappa shape index (κ1) is 13.0. The molecule has 0 radical (unpaired) electrons. The second-order valence-electron chi connectivity index (χ2n) is 4.59. The maximum Gasteiger partial charge on any atom is 0.0705 e. The highest BCUT2D eigenvalue weighted by Gasteiger charge is 1.97. The summed E-state index contributed by atoms with van der Waals surface area (Å²) in [5.74, 6) is 0.559. The second kappa shape index (κ2) is 6.51. The fourth-order valence-electron chi connectivity index (χ4n) is 1.27. The fourth-order valence-corrected chi connectivity index (χ4v) is 1.27. The van der Waals surface area contributed by atoms with Crippen molar-refractivity contribution in [3.63, 3.8) is 0 Å². The number of rotatable bonds is 6. The molecule has 0 atom stereocenters. The maximum atomic E-state index is 5.32. The number of hydrogen-bond acceptors (Lipinski definition) is 3. The van der Waals surface area contributed by atoms with Gasteiger partial charge in [0.15, 0.2) is 0 Å². The van der Waals surface area contributed by atoms with Crippen LogP contribution in [0.15, 0.2) is 24.3 Å². The Morgan fingerprint density at radius 3 is 2.31 bits per heavy atom. The Bertz CT molecular complexity index is 293. The molecule has 0 aliphatic heterocycles. The van der Waals surface area contributed by atoms with E-state index in [1.54, 1.807) is 0 Å². The van der Waals surface area contributed by atoms with Crippen LogP contribution in [0.3, 0.4) is 0 Å². The number of hydroxylamine groups is 1. The summed E-state index contributed by atoms with van der Waals surface area (Å²) in [6.07, 6.45) is 0. The zero-order valence-electron chi connectivity index (χ0n) is 10.7. The Morgan fingerprint density at radius 1 is 1.19 bits per heavy atom. The highest BCUT2D eigenvalue weighted by atomic mass is 16.6. The largest absolute Gasteiger partial charge is 0.378 e. The predicted molar refractivity (Wildman–Crippen MR) is 68.4 cm³/mol. The van der Waals surface area contributed by atoms with Gasteiger partial charge in [-0.05, 0) is 23.6 Å². The van der Waals surface area contributed by atoms with E-state index in [-0.39, 0.29) is 0 Å². The average molecular weight is 222 g/mol. The molecule has 0 aliphatic rings. The summed E-state index contributed by atoms with van der Waals surface area (Å²) in [7, 11) is 4.08. The van der Waals surface area contributed by atoms with E-state index in [0.29, 0.717) is 5.92 Å². The fraction of sp³-hybridized carbons (Fsp3) is 0.538. The molecule has 90 valence electrons. The predicted octanol–water partition coefficient (Wildman–Crippen LogP) is 2.43. The topological polar surface area (TPSA) is 24.5 Å². The van der Waals surface area contributed by atoms with Crippen molar-refractivity contribution < 1.29 is 4.84 Å². The van der Waals surface area contributed by atoms with Crippen LogP contribution in [0.4, 0.5) is 5.69 Å². The monoisotopic (exact) mass is 222 g/mol. The Kier molecular flexibility index (Phi) is 5.29. The first-order chi connectivity index (χ1) is 7.59. The number of anilines is 1. The van der Waals surface area contributed by atoms with E-state index in [1.165, 1.54) is 11.3 Å². The molecule has 0 spiro atoms. The van der Waals surface area contributed by atoms with E-state index in [1.807, 2.05) is 14.1 Å². The molecule has 1 aromatic rings. The number of nitrogens with one attached hydrogen (secondary N) is 1. The van der Waals surface area contributed by atoms with Crippen LogP contribution in [-0.4, -0.2) is 20.7 Å². The Balaban J connectivity index is 2.32.